The standard InChI is InChI=1S/C16H24N2O/c1-16(2,3)13-7-5-12(6-8-13)9-14-11-18(4)15(19)10-17-14/h5-8,14,17H,9-11H2,1-4H3. The third-order valence-corrected chi connectivity index (χ3v) is 3.76. The maximum atomic E-state index is 11.4. The first-order valence-corrected chi connectivity index (χ1v) is 6.93. The van der Waals surface area contributed by atoms with Gasteiger partial charge in [0.25, 0.3) is 0 Å². The third-order valence-electron chi connectivity index (χ3n) is 3.76. The quantitative estimate of drug-likeness (QED) is 0.881. The molecular weight excluding hydrogens is 236 g/mol. The second-order valence-electron chi connectivity index (χ2n) is 6.50. The smallest absolute Gasteiger partial charge is 0.236 e. The van der Waals surface area contributed by atoms with Crippen LogP contribution < -0.4 is 5.32 Å². The van der Waals surface area contributed by atoms with E-state index < -0.39 is 0 Å². The summed E-state index contributed by atoms with van der Waals surface area (Å²) in [6.07, 6.45) is 0.974. The molecule has 1 aliphatic rings. The van der Waals surface area contributed by atoms with Gasteiger partial charge in [0, 0.05) is 19.6 Å². The highest BCUT2D eigenvalue weighted by Crippen LogP contribution is 2.22. The van der Waals surface area contributed by atoms with Crippen molar-refractivity contribution in [1.29, 1.82) is 0 Å². The van der Waals surface area contributed by atoms with Crippen LogP contribution in [0.1, 0.15) is 31.9 Å². The zero-order valence-electron chi connectivity index (χ0n) is 12.4. The number of amides is 1. The summed E-state index contributed by atoms with van der Waals surface area (Å²) in [7, 11) is 1.87. The molecule has 1 saturated heterocycles. The predicted octanol–water partition coefficient (Wildman–Crippen LogP) is 1.96. The van der Waals surface area contributed by atoms with Crippen molar-refractivity contribution in [2.75, 3.05) is 20.1 Å². The molecule has 0 aliphatic carbocycles. The predicted molar refractivity (Wildman–Crippen MR) is 78.3 cm³/mol. The molecule has 1 atom stereocenters. The van der Waals surface area contributed by atoms with E-state index in [1.54, 1.807) is 0 Å². The highest BCUT2D eigenvalue weighted by atomic mass is 16.2. The number of carbonyl (C=O) groups is 1. The Morgan fingerprint density at radius 2 is 1.89 bits per heavy atom. The number of benzene rings is 1. The molecule has 2 rings (SSSR count). The van der Waals surface area contributed by atoms with E-state index in [0.29, 0.717) is 12.6 Å². The summed E-state index contributed by atoms with van der Waals surface area (Å²) in [5.74, 6) is 0.180. The summed E-state index contributed by atoms with van der Waals surface area (Å²) in [5.41, 5.74) is 2.89. The SMILES string of the molecule is CN1CC(Cc2ccc(C(C)(C)C)cc2)NCC1=O. The fourth-order valence-corrected chi connectivity index (χ4v) is 2.43. The van der Waals surface area contributed by atoms with Crippen LogP contribution in [0.5, 0.6) is 0 Å². The minimum absolute atomic E-state index is 0.180. The van der Waals surface area contributed by atoms with Gasteiger partial charge in [0.1, 0.15) is 0 Å². The van der Waals surface area contributed by atoms with E-state index >= 15 is 0 Å². The molecule has 104 valence electrons. The van der Waals surface area contributed by atoms with Gasteiger partial charge < -0.3 is 10.2 Å². The minimum atomic E-state index is 0.180. The van der Waals surface area contributed by atoms with E-state index in [1.807, 2.05) is 11.9 Å². The largest absolute Gasteiger partial charge is 0.343 e. The van der Waals surface area contributed by atoms with Crippen LogP contribution in [0.15, 0.2) is 24.3 Å². The lowest BCUT2D eigenvalue weighted by Gasteiger charge is -2.31. The van der Waals surface area contributed by atoms with Gasteiger partial charge in [0.05, 0.1) is 6.54 Å². The van der Waals surface area contributed by atoms with Gasteiger partial charge >= 0.3 is 0 Å². The lowest BCUT2D eigenvalue weighted by atomic mass is 9.86. The molecule has 19 heavy (non-hydrogen) atoms. The molecule has 1 N–H and O–H groups in total. The highest BCUT2D eigenvalue weighted by Gasteiger charge is 2.22. The lowest BCUT2D eigenvalue weighted by Crippen LogP contribution is -2.53. The van der Waals surface area contributed by atoms with Crippen LogP contribution in [-0.2, 0) is 16.6 Å². The van der Waals surface area contributed by atoms with Crippen molar-refractivity contribution in [2.45, 2.75) is 38.6 Å². The Morgan fingerprint density at radius 1 is 1.26 bits per heavy atom. The van der Waals surface area contributed by atoms with Crippen molar-refractivity contribution in [3.63, 3.8) is 0 Å². The molecule has 1 aromatic carbocycles. The maximum absolute atomic E-state index is 11.4. The van der Waals surface area contributed by atoms with Crippen LogP contribution in [0.4, 0.5) is 0 Å². The topological polar surface area (TPSA) is 32.3 Å². The third kappa shape index (κ3) is 3.57. The average Bonchev–Trinajstić information content (AvgIpc) is 2.33. The Bertz CT molecular complexity index is 445. The first kappa shape index (κ1) is 14.1. The molecule has 0 aromatic heterocycles. The van der Waals surface area contributed by atoms with Crippen LogP contribution >= 0.6 is 0 Å². The molecular formula is C16H24N2O. The van der Waals surface area contributed by atoms with Gasteiger partial charge in [-0.15, -0.1) is 0 Å². The molecule has 1 aromatic rings. The van der Waals surface area contributed by atoms with Crippen LogP contribution in [-0.4, -0.2) is 37.0 Å². The molecule has 1 heterocycles. The van der Waals surface area contributed by atoms with Gasteiger partial charge in [-0.25, -0.2) is 0 Å². The molecule has 0 radical (unpaired) electrons. The van der Waals surface area contributed by atoms with Crippen molar-refractivity contribution in [3.8, 4) is 0 Å². The minimum Gasteiger partial charge on any atom is -0.343 e. The van der Waals surface area contributed by atoms with Crippen molar-refractivity contribution in [2.24, 2.45) is 0 Å². The van der Waals surface area contributed by atoms with E-state index in [-0.39, 0.29) is 11.3 Å². The number of piperazine rings is 1. The van der Waals surface area contributed by atoms with Crippen molar-refractivity contribution >= 4 is 5.91 Å². The molecule has 0 spiro atoms. The molecule has 1 unspecified atom stereocenters. The number of rotatable bonds is 2. The molecule has 1 amide bonds. The Morgan fingerprint density at radius 3 is 2.42 bits per heavy atom. The number of hydrogen-bond acceptors (Lipinski definition) is 2. The molecule has 3 nitrogen and oxygen atoms in total. The molecule has 0 saturated carbocycles. The van der Waals surface area contributed by atoms with Gasteiger partial charge in [0.15, 0.2) is 0 Å². The van der Waals surface area contributed by atoms with E-state index in [2.05, 4.69) is 50.4 Å². The van der Waals surface area contributed by atoms with Crippen LogP contribution in [0.25, 0.3) is 0 Å². The zero-order valence-corrected chi connectivity index (χ0v) is 12.4. The van der Waals surface area contributed by atoms with Gasteiger partial charge in [-0.05, 0) is 23.0 Å². The summed E-state index contributed by atoms with van der Waals surface area (Å²) >= 11 is 0. The van der Waals surface area contributed by atoms with E-state index in [0.717, 1.165) is 13.0 Å². The zero-order chi connectivity index (χ0) is 14.0. The first-order chi connectivity index (χ1) is 8.86. The molecule has 1 aliphatic heterocycles. The fourth-order valence-electron chi connectivity index (χ4n) is 2.43. The normalized spacial score (nSPS) is 20.7. The number of likely N-dealkylation sites (N-methyl/N-ethyl adjacent to an activating group) is 1. The number of hydrogen-bond donors (Lipinski definition) is 1. The van der Waals surface area contributed by atoms with Crippen molar-refractivity contribution < 1.29 is 4.79 Å². The number of nitrogens with one attached hydrogen (secondary N) is 1. The maximum Gasteiger partial charge on any atom is 0.236 e. The van der Waals surface area contributed by atoms with Crippen LogP contribution in [0, 0.1) is 0 Å². The van der Waals surface area contributed by atoms with E-state index in [1.165, 1.54) is 11.1 Å². The average molecular weight is 260 g/mol. The Hall–Kier alpha value is -1.35. The van der Waals surface area contributed by atoms with Crippen LogP contribution in [0.2, 0.25) is 0 Å². The van der Waals surface area contributed by atoms with Gasteiger partial charge in [0.2, 0.25) is 5.91 Å². The summed E-state index contributed by atoms with van der Waals surface area (Å²) in [6.45, 7) is 7.93. The van der Waals surface area contributed by atoms with Gasteiger partial charge in [-0.3, -0.25) is 4.79 Å². The van der Waals surface area contributed by atoms with Crippen LogP contribution in [0.3, 0.4) is 0 Å². The summed E-state index contributed by atoms with van der Waals surface area (Å²) in [4.78, 5) is 13.2. The number of carbonyl (C=O) groups excluding carboxylic acids is 1. The van der Waals surface area contributed by atoms with E-state index in [4.69, 9.17) is 0 Å². The van der Waals surface area contributed by atoms with Crippen molar-refractivity contribution in [3.05, 3.63) is 35.4 Å². The summed E-state index contributed by atoms with van der Waals surface area (Å²) in [6, 6.07) is 9.21. The first-order valence-electron chi connectivity index (χ1n) is 6.93. The second-order valence-corrected chi connectivity index (χ2v) is 6.50. The van der Waals surface area contributed by atoms with E-state index in [9.17, 15) is 4.79 Å². The monoisotopic (exact) mass is 260 g/mol. The molecule has 3 heteroatoms. The number of nitrogens with zero attached hydrogens (tertiary/aromatic N) is 1. The van der Waals surface area contributed by atoms with Crippen molar-refractivity contribution in [1.82, 2.24) is 10.2 Å². The van der Waals surface area contributed by atoms with Gasteiger partial charge in [-0.1, -0.05) is 45.0 Å². The Kier molecular flexibility index (Phi) is 3.95. The summed E-state index contributed by atoms with van der Waals surface area (Å²) < 4.78 is 0. The molecule has 1 fully saturated rings. The summed E-state index contributed by atoms with van der Waals surface area (Å²) in [5, 5.41) is 3.30. The van der Waals surface area contributed by atoms with Gasteiger partial charge in [-0.2, -0.15) is 0 Å². The fraction of sp³-hybridized carbons (Fsp3) is 0.562. The Labute approximate surface area is 116 Å². The second kappa shape index (κ2) is 5.33. The molecule has 0 bridgehead atoms. The Balaban J connectivity index is 1.98. The lowest BCUT2D eigenvalue weighted by molar-refractivity contribution is -0.131. The highest BCUT2D eigenvalue weighted by molar-refractivity contribution is 5.78.